The maximum atomic E-state index is 2.30. The minimum absolute atomic E-state index is 0. The number of para-hydroxylation sites is 1. The summed E-state index contributed by atoms with van der Waals surface area (Å²) in [4.78, 5) is 0. The zero-order valence-electron chi connectivity index (χ0n) is 12.3. The summed E-state index contributed by atoms with van der Waals surface area (Å²) in [6.45, 7) is 2.18. The second-order valence-corrected chi connectivity index (χ2v) is 5.39. The summed E-state index contributed by atoms with van der Waals surface area (Å²) in [5, 5.41) is 3.82. The van der Waals surface area contributed by atoms with E-state index in [4.69, 9.17) is 0 Å². The van der Waals surface area contributed by atoms with Gasteiger partial charge in [0.05, 0.1) is 5.39 Å². The summed E-state index contributed by atoms with van der Waals surface area (Å²) >= 11 is 0. The molecule has 4 aromatic rings. The van der Waals surface area contributed by atoms with Gasteiger partial charge in [0.15, 0.2) is 6.20 Å². The number of pyridine rings is 1. The highest BCUT2D eigenvalue weighted by Gasteiger charge is 2.17. The number of halogens is 1. The first-order valence-electron chi connectivity index (χ1n) is 7.23. The van der Waals surface area contributed by atoms with Crippen molar-refractivity contribution in [2.24, 2.45) is 0 Å². The van der Waals surface area contributed by atoms with Crippen LogP contribution in [-0.2, 0) is 0 Å². The summed E-state index contributed by atoms with van der Waals surface area (Å²) in [6.07, 6.45) is 2.15. The van der Waals surface area contributed by atoms with Gasteiger partial charge in [-0.25, -0.2) is 0 Å². The number of hydrogen-bond acceptors (Lipinski definition) is 0. The fourth-order valence-electron chi connectivity index (χ4n) is 3.04. The van der Waals surface area contributed by atoms with E-state index in [0.717, 1.165) is 0 Å². The van der Waals surface area contributed by atoms with Gasteiger partial charge in [-0.15, -0.1) is 0 Å². The highest BCUT2D eigenvalue weighted by molar-refractivity contribution is 5.90. The van der Waals surface area contributed by atoms with Crippen LogP contribution in [0.4, 0.5) is 0 Å². The molecule has 0 N–H and O–H groups in total. The summed E-state index contributed by atoms with van der Waals surface area (Å²) in [7, 11) is 0. The Morgan fingerprint density at radius 3 is 2.23 bits per heavy atom. The minimum atomic E-state index is 0. The minimum Gasteiger partial charge on any atom is -1.00 e. The SMILES string of the molecule is Cc1ccc2ccccc2c1-[n+]1cccc2ccccc21.[Cl-]. The fraction of sp³-hybridized carbons (Fsp3) is 0.0500. The highest BCUT2D eigenvalue weighted by atomic mass is 35.5. The Kier molecular flexibility index (Phi) is 3.82. The molecule has 1 aromatic heterocycles. The summed E-state index contributed by atoms with van der Waals surface area (Å²) in [5.74, 6) is 0. The zero-order chi connectivity index (χ0) is 14.2. The summed E-state index contributed by atoms with van der Waals surface area (Å²) < 4.78 is 2.30. The van der Waals surface area contributed by atoms with Crippen molar-refractivity contribution in [2.45, 2.75) is 6.92 Å². The number of hydrogen-bond donors (Lipinski definition) is 0. The third kappa shape index (κ3) is 2.24. The molecule has 0 unspecified atom stereocenters. The molecule has 22 heavy (non-hydrogen) atoms. The van der Waals surface area contributed by atoms with E-state index in [1.165, 1.54) is 32.9 Å². The molecule has 0 fully saturated rings. The van der Waals surface area contributed by atoms with Gasteiger partial charge in [-0.1, -0.05) is 42.5 Å². The smallest absolute Gasteiger partial charge is 0.221 e. The lowest BCUT2D eigenvalue weighted by Crippen LogP contribution is -3.00. The van der Waals surface area contributed by atoms with Crippen molar-refractivity contribution in [2.75, 3.05) is 0 Å². The lowest BCUT2D eigenvalue weighted by molar-refractivity contribution is -0.566. The van der Waals surface area contributed by atoms with E-state index >= 15 is 0 Å². The highest BCUT2D eigenvalue weighted by Crippen LogP contribution is 2.23. The number of aromatic nitrogens is 1. The molecular formula is C20H16ClN. The van der Waals surface area contributed by atoms with Gasteiger partial charge in [-0.05, 0) is 30.5 Å². The van der Waals surface area contributed by atoms with Crippen LogP contribution >= 0.6 is 0 Å². The van der Waals surface area contributed by atoms with E-state index in [1.807, 2.05) is 0 Å². The van der Waals surface area contributed by atoms with Crippen LogP contribution in [0, 0.1) is 6.92 Å². The van der Waals surface area contributed by atoms with Crippen molar-refractivity contribution in [3.8, 4) is 5.69 Å². The fourth-order valence-corrected chi connectivity index (χ4v) is 3.04. The van der Waals surface area contributed by atoms with Crippen molar-refractivity contribution in [1.82, 2.24) is 0 Å². The zero-order valence-corrected chi connectivity index (χ0v) is 13.1. The predicted molar refractivity (Wildman–Crippen MR) is 87.7 cm³/mol. The Bertz CT molecular complexity index is 955. The molecule has 1 nitrogen and oxygen atoms in total. The normalized spacial score (nSPS) is 10.6. The van der Waals surface area contributed by atoms with Crippen LogP contribution in [0.5, 0.6) is 0 Å². The van der Waals surface area contributed by atoms with Crippen LogP contribution in [0.25, 0.3) is 27.4 Å². The second-order valence-electron chi connectivity index (χ2n) is 5.39. The van der Waals surface area contributed by atoms with Crippen LogP contribution in [0.15, 0.2) is 79.0 Å². The molecule has 0 aliphatic carbocycles. The van der Waals surface area contributed by atoms with Gasteiger partial charge in [-0.2, -0.15) is 4.57 Å². The van der Waals surface area contributed by atoms with Crippen LogP contribution in [0.3, 0.4) is 0 Å². The van der Waals surface area contributed by atoms with Crippen molar-refractivity contribution < 1.29 is 17.0 Å². The van der Waals surface area contributed by atoms with Gasteiger partial charge in [-0.3, -0.25) is 0 Å². The van der Waals surface area contributed by atoms with Crippen LogP contribution in [-0.4, -0.2) is 0 Å². The van der Waals surface area contributed by atoms with Gasteiger partial charge in [0.1, 0.15) is 0 Å². The molecule has 0 bridgehead atoms. The molecule has 2 heteroatoms. The molecule has 108 valence electrons. The molecule has 0 saturated heterocycles. The summed E-state index contributed by atoms with van der Waals surface area (Å²) in [5.41, 5.74) is 3.79. The van der Waals surface area contributed by atoms with E-state index in [-0.39, 0.29) is 12.4 Å². The maximum Gasteiger partial charge on any atom is 0.221 e. The van der Waals surface area contributed by atoms with Gasteiger partial charge < -0.3 is 12.4 Å². The number of benzene rings is 3. The number of fused-ring (bicyclic) bond motifs is 2. The van der Waals surface area contributed by atoms with Crippen molar-refractivity contribution in [3.63, 3.8) is 0 Å². The number of nitrogens with zero attached hydrogens (tertiary/aromatic N) is 1. The van der Waals surface area contributed by atoms with E-state index in [2.05, 4.69) is 90.5 Å². The molecule has 0 saturated carbocycles. The molecule has 0 atom stereocenters. The first-order valence-corrected chi connectivity index (χ1v) is 7.23. The summed E-state index contributed by atoms with van der Waals surface area (Å²) in [6, 6.07) is 25.8. The molecule has 3 aromatic carbocycles. The van der Waals surface area contributed by atoms with Crippen LogP contribution < -0.4 is 17.0 Å². The second kappa shape index (κ2) is 5.78. The standard InChI is InChI=1S/C20H16N.ClH/c1-15-12-13-16-7-2-4-10-18(16)20(15)21-14-6-9-17-8-3-5-11-19(17)21;/h2-14H,1H3;1H/q+1;/p-1. The Morgan fingerprint density at radius 1 is 0.682 bits per heavy atom. The molecule has 0 spiro atoms. The van der Waals surface area contributed by atoms with E-state index in [0.29, 0.717) is 0 Å². The number of aryl methyl sites for hydroxylation is 1. The van der Waals surface area contributed by atoms with E-state index in [9.17, 15) is 0 Å². The van der Waals surface area contributed by atoms with Gasteiger partial charge in [0.25, 0.3) is 0 Å². The molecule has 1 heterocycles. The third-order valence-corrected chi connectivity index (χ3v) is 4.05. The molecule has 0 aliphatic heterocycles. The van der Waals surface area contributed by atoms with Crippen molar-refractivity contribution in [1.29, 1.82) is 0 Å². The quantitative estimate of drug-likeness (QED) is 0.470. The van der Waals surface area contributed by atoms with Gasteiger partial charge in [0.2, 0.25) is 11.2 Å². The molecule has 0 amide bonds. The van der Waals surface area contributed by atoms with E-state index in [1.54, 1.807) is 0 Å². The largest absolute Gasteiger partial charge is 1.00 e. The van der Waals surface area contributed by atoms with E-state index < -0.39 is 0 Å². The van der Waals surface area contributed by atoms with Gasteiger partial charge in [0, 0.05) is 23.1 Å². The molecule has 4 rings (SSSR count). The Hall–Kier alpha value is -2.38. The predicted octanol–water partition coefficient (Wildman–Crippen LogP) is 1.58. The lowest BCUT2D eigenvalue weighted by Gasteiger charge is -2.07. The first-order chi connectivity index (χ1) is 10.3. The van der Waals surface area contributed by atoms with Crippen LogP contribution in [0.1, 0.15) is 5.56 Å². The molecule has 0 radical (unpaired) electrons. The first kappa shape index (κ1) is 14.6. The monoisotopic (exact) mass is 305 g/mol. The lowest BCUT2D eigenvalue weighted by atomic mass is 10.0. The maximum absolute atomic E-state index is 2.30. The average molecular weight is 306 g/mol. The Labute approximate surface area is 136 Å². The topological polar surface area (TPSA) is 3.88 Å². The van der Waals surface area contributed by atoms with Gasteiger partial charge >= 0.3 is 0 Å². The van der Waals surface area contributed by atoms with Crippen molar-refractivity contribution >= 4 is 21.7 Å². The molecule has 0 aliphatic rings. The third-order valence-electron chi connectivity index (χ3n) is 4.05. The average Bonchev–Trinajstić information content (AvgIpc) is 2.54. The van der Waals surface area contributed by atoms with Crippen LogP contribution in [0.2, 0.25) is 0 Å². The number of rotatable bonds is 1. The van der Waals surface area contributed by atoms with Crippen molar-refractivity contribution in [3.05, 3.63) is 84.6 Å². The molecular weight excluding hydrogens is 290 g/mol. The Balaban J connectivity index is 0.00000144. The Morgan fingerprint density at radius 2 is 1.36 bits per heavy atom.